The van der Waals surface area contributed by atoms with Crippen LogP contribution < -0.4 is 9.62 Å². The van der Waals surface area contributed by atoms with Gasteiger partial charge in [0.2, 0.25) is 0 Å². The summed E-state index contributed by atoms with van der Waals surface area (Å²) in [5.74, 6) is 0. The summed E-state index contributed by atoms with van der Waals surface area (Å²) in [7, 11) is 1.92. The monoisotopic (exact) mass is 422 g/mol. The van der Waals surface area contributed by atoms with E-state index in [1.807, 2.05) is 17.8 Å². The predicted molar refractivity (Wildman–Crippen MR) is 117 cm³/mol. The zero-order chi connectivity index (χ0) is 21.0. The van der Waals surface area contributed by atoms with Crippen LogP contribution in [0.15, 0.2) is 53.9 Å². The van der Waals surface area contributed by atoms with Crippen molar-refractivity contribution in [1.82, 2.24) is 19.3 Å². The van der Waals surface area contributed by atoms with Crippen LogP contribution in [-0.2, 0) is 30.5 Å². The Kier molecular flexibility index (Phi) is 4.11. The molecule has 0 saturated heterocycles. The van der Waals surface area contributed by atoms with E-state index in [-0.39, 0.29) is 4.90 Å². The van der Waals surface area contributed by atoms with Crippen molar-refractivity contribution in [2.24, 2.45) is 14.1 Å². The summed E-state index contributed by atoms with van der Waals surface area (Å²) in [5, 5.41) is 4.74. The van der Waals surface area contributed by atoms with Gasteiger partial charge in [-0.2, -0.15) is 5.10 Å². The molecule has 0 fully saturated rings. The van der Waals surface area contributed by atoms with Crippen LogP contribution in [0.2, 0.25) is 0 Å². The third-order valence-corrected chi connectivity index (χ3v) is 6.94. The minimum absolute atomic E-state index is 0.117. The van der Waals surface area contributed by atoms with Crippen molar-refractivity contribution in [2.75, 3.05) is 23.2 Å². The number of anilines is 2. The van der Waals surface area contributed by atoms with Gasteiger partial charge in [-0.05, 0) is 29.7 Å². The molecular formula is C21H22N6O2S. The Morgan fingerprint density at radius 1 is 1.10 bits per heavy atom. The highest BCUT2D eigenvalue weighted by molar-refractivity contribution is 7.92. The van der Waals surface area contributed by atoms with Gasteiger partial charge in [0.05, 0.1) is 17.3 Å². The minimum Gasteiger partial charge on any atom is -0.374 e. The molecule has 0 spiro atoms. The molecule has 0 unspecified atom stereocenters. The van der Waals surface area contributed by atoms with Crippen molar-refractivity contribution in [3.63, 3.8) is 0 Å². The molecule has 1 aliphatic rings. The van der Waals surface area contributed by atoms with Gasteiger partial charge >= 0.3 is 0 Å². The lowest BCUT2D eigenvalue weighted by Crippen LogP contribution is -2.13. The number of nitrogens with zero attached hydrogens (tertiary/aromatic N) is 5. The molecule has 1 aliphatic heterocycles. The average molecular weight is 423 g/mol. The largest absolute Gasteiger partial charge is 0.374 e. The lowest BCUT2D eigenvalue weighted by molar-refractivity contribution is 0.601. The topological polar surface area (TPSA) is 85.1 Å². The number of hydrogen-bond acceptors (Lipinski definition) is 5. The quantitative estimate of drug-likeness (QED) is 0.547. The van der Waals surface area contributed by atoms with Gasteiger partial charge in [0.15, 0.2) is 0 Å². The van der Waals surface area contributed by atoms with E-state index in [2.05, 4.69) is 45.0 Å². The number of benzene rings is 1. The Labute approximate surface area is 174 Å². The summed E-state index contributed by atoms with van der Waals surface area (Å²) < 4.78 is 31.9. The number of aryl methyl sites for hydroxylation is 2. The van der Waals surface area contributed by atoms with E-state index in [0.717, 1.165) is 29.5 Å². The summed E-state index contributed by atoms with van der Waals surface area (Å²) in [4.78, 5) is 6.84. The lowest BCUT2D eigenvalue weighted by atomic mass is 10.0. The van der Waals surface area contributed by atoms with Crippen LogP contribution in [0.4, 0.5) is 11.4 Å². The summed E-state index contributed by atoms with van der Waals surface area (Å²) in [6, 6.07) is 8.12. The van der Waals surface area contributed by atoms with Gasteiger partial charge in [-0.25, -0.2) is 13.4 Å². The predicted octanol–water partition coefficient (Wildman–Crippen LogP) is 2.77. The molecular weight excluding hydrogens is 400 g/mol. The number of fused-ring (bicyclic) bond motifs is 2. The van der Waals surface area contributed by atoms with Crippen LogP contribution in [0.3, 0.4) is 0 Å². The number of sulfonamides is 1. The Morgan fingerprint density at radius 3 is 2.70 bits per heavy atom. The van der Waals surface area contributed by atoms with Gasteiger partial charge in [-0.15, -0.1) is 0 Å². The molecule has 154 valence electrons. The molecule has 3 aromatic heterocycles. The van der Waals surface area contributed by atoms with Gasteiger partial charge in [0.25, 0.3) is 10.0 Å². The zero-order valence-corrected chi connectivity index (χ0v) is 17.8. The highest BCUT2D eigenvalue weighted by Crippen LogP contribution is 2.38. The Balaban J connectivity index is 1.66. The van der Waals surface area contributed by atoms with Crippen molar-refractivity contribution in [1.29, 1.82) is 0 Å². The standard InChI is InChI=1S/C21H22N6O2S/c1-25-9-7-14-4-5-15(10-19(14)25)17-13-26(2)21-20(17)18(6-8-22-21)24-30(28,29)16-11-23-27(3)12-16/h4-6,8,10-13H,7,9H2,1-3H3,(H,22,24). The average Bonchev–Trinajstić information content (AvgIpc) is 3.40. The van der Waals surface area contributed by atoms with Crippen LogP contribution in [0.25, 0.3) is 22.2 Å². The molecule has 8 nitrogen and oxygen atoms in total. The normalized spacial score (nSPS) is 13.8. The number of rotatable bonds is 4. The molecule has 0 radical (unpaired) electrons. The maximum absolute atomic E-state index is 12.9. The van der Waals surface area contributed by atoms with Gasteiger partial charge in [-0.1, -0.05) is 12.1 Å². The smallest absolute Gasteiger partial charge is 0.265 e. The van der Waals surface area contributed by atoms with Crippen molar-refractivity contribution in [3.05, 3.63) is 54.6 Å². The molecule has 30 heavy (non-hydrogen) atoms. The van der Waals surface area contributed by atoms with Gasteiger partial charge in [0, 0.05) is 57.5 Å². The first-order valence-electron chi connectivity index (χ1n) is 9.63. The first-order valence-corrected chi connectivity index (χ1v) is 11.1. The first-order chi connectivity index (χ1) is 14.3. The van der Waals surface area contributed by atoms with Gasteiger partial charge in [0.1, 0.15) is 10.5 Å². The zero-order valence-electron chi connectivity index (χ0n) is 17.0. The number of nitrogens with one attached hydrogen (secondary N) is 1. The molecule has 1 N–H and O–H groups in total. The summed E-state index contributed by atoms with van der Waals surface area (Å²) in [6.45, 7) is 1.01. The third-order valence-electron chi connectivity index (χ3n) is 5.62. The number of likely N-dealkylation sites (N-methyl/N-ethyl adjacent to an activating group) is 1. The number of hydrogen-bond donors (Lipinski definition) is 1. The maximum Gasteiger partial charge on any atom is 0.265 e. The SMILES string of the molecule is CN1CCc2ccc(-c3cn(C)c4nccc(NS(=O)(=O)c5cnn(C)c5)c34)cc21. The van der Waals surface area contributed by atoms with Crippen LogP contribution in [-0.4, -0.2) is 41.3 Å². The molecule has 0 saturated carbocycles. The molecule has 4 aromatic rings. The Hall–Kier alpha value is -3.33. The number of pyridine rings is 1. The summed E-state index contributed by atoms with van der Waals surface area (Å²) in [5.41, 5.74) is 5.72. The van der Waals surface area contributed by atoms with Crippen LogP contribution in [0, 0.1) is 0 Å². The van der Waals surface area contributed by atoms with E-state index in [1.165, 1.54) is 28.3 Å². The second-order valence-electron chi connectivity index (χ2n) is 7.68. The highest BCUT2D eigenvalue weighted by atomic mass is 32.2. The van der Waals surface area contributed by atoms with E-state index >= 15 is 0 Å². The molecule has 0 amide bonds. The molecule has 1 aromatic carbocycles. The highest BCUT2D eigenvalue weighted by Gasteiger charge is 2.22. The number of aromatic nitrogens is 4. The van der Waals surface area contributed by atoms with Gasteiger partial charge in [-0.3, -0.25) is 9.40 Å². The van der Waals surface area contributed by atoms with Crippen LogP contribution >= 0.6 is 0 Å². The fraction of sp³-hybridized carbons (Fsp3) is 0.238. The second-order valence-corrected chi connectivity index (χ2v) is 9.36. The summed E-state index contributed by atoms with van der Waals surface area (Å²) in [6.07, 6.45) is 7.46. The third kappa shape index (κ3) is 2.93. The fourth-order valence-corrected chi connectivity index (χ4v) is 5.11. The molecule has 0 aliphatic carbocycles. The van der Waals surface area contributed by atoms with E-state index in [4.69, 9.17) is 0 Å². The van der Waals surface area contributed by atoms with E-state index in [1.54, 1.807) is 19.3 Å². The van der Waals surface area contributed by atoms with E-state index in [9.17, 15) is 8.42 Å². The Bertz CT molecular complexity index is 1390. The second kappa shape index (κ2) is 6.60. The fourth-order valence-electron chi connectivity index (χ4n) is 4.05. The molecule has 5 rings (SSSR count). The van der Waals surface area contributed by atoms with Crippen molar-refractivity contribution < 1.29 is 8.42 Å². The first kappa shape index (κ1) is 18.7. The van der Waals surface area contributed by atoms with Crippen LogP contribution in [0.5, 0.6) is 0 Å². The lowest BCUT2D eigenvalue weighted by Gasteiger charge is -2.13. The molecule has 4 heterocycles. The van der Waals surface area contributed by atoms with E-state index in [0.29, 0.717) is 11.3 Å². The van der Waals surface area contributed by atoms with Crippen LogP contribution in [0.1, 0.15) is 5.56 Å². The molecule has 0 bridgehead atoms. The maximum atomic E-state index is 12.9. The Morgan fingerprint density at radius 2 is 1.93 bits per heavy atom. The van der Waals surface area contributed by atoms with Crippen molar-refractivity contribution in [2.45, 2.75) is 11.3 Å². The minimum atomic E-state index is -3.77. The van der Waals surface area contributed by atoms with Crippen molar-refractivity contribution in [3.8, 4) is 11.1 Å². The summed E-state index contributed by atoms with van der Waals surface area (Å²) >= 11 is 0. The van der Waals surface area contributed by atoms with E-state index < -0.39 is 10.0 Å². The van der Waals surface area contributed by atoms with Crippen molar-refractivity contribution >= 4 is 32.4 Å². The van der Waals surface area contributed by atoms with Gasteiger partial charge < -0.3 is 9.47 Å². The molecule has 9 heteroatoms. The molecule has 0 atom stereocenters.